The van der Waals surface area contributed by atoms with Gasteiger partial charge in [-0.15, -0.1) is 0 Å². The minimum absolute atomic E-state index is 0.0429. The predicted octanol–water partition coefficient (Wildman–Crippen LogP) is 1.24. The highest BCUT2D eigenvalue weighted by Crippen LogP contribution is 2.27. The summed E-state index contributed by atoms with van der Waals surface area (Å²) in [6.45, 7) is 7.31. The highest BCUT2D eigenvalue weighted by atomic mass is 16.6. The molecule has 0 aromatic heterocycles. The van der Waals surface area contributed by atoms with Crippen molar-refractivity contribution in [2.24, 2.45) is 0 Å². The largest absolute Gasteiger partial charge is 0.508 e. The molecule has 3 atom stereocenters. The monoisotopic (exact) mass is 481 g/mol. The molecule has 3 amide bonds. The van der Waals surface area contributed by atoms with Gasteiger partial charge in [-0.3, -0.25) is 14.4 Å². The summed E-state index contributed by atoms with van der Waals surface area (Å²) < 4.78 is 9.74. The van der Waals surface area contributed by atoms with Crippen LogP contribution in [0, 0.1) is 0 Å². The van der Waals surface area contributed by atoms with Crippen molar-refractivity contribution in [1.29, 1.82) is 0 Å². The number of benzene rings is 1. The van der Waals surface area contributed by atoms with E-state index in [1.165, 1.54) is 36.3 Å². The number of hydrogen-bond acceptors (Lipinski definition) is 8. The van der Waals surface area contributed by atoms with Gasteiger partial charge in [0.05, 0.1) is 13.7 Å². The van der Waals surface area contributed by atoms with Crippen LogP contribution in [0.3, 0.4) is 0 Å². The summed E-state index contributed by atoms with van der Waals surface area (Å²) in [7, 11) is 1.18. The Morgan fingerprint density at radius 2 is 1.71 bits per heavy atom. The molecule has 1 aromatic carbocycles. The minimum Gasteiger partial charge on any atom is -0.508 e. The number of esters is 1. The number of aliphatic hydroxyl groups excluding tert-OH is 1. The first kappa shape index (κ1) is 28.7. The molecular formula is C23H35N3O8. The second-order valence-corrected chi connectivity index (χ2v) is 8.67. The number of nitrogens with zero attached hydrogens (tertiary/aromatic N) is 1. The first-order chi connectivity index (χ1) is 15.8. The summed E-state index contributed by atoms with van der Waals surface area (Å²) in [6, 6.07) is 2.52. The van der Waals surface area contributed by atoms with E-state index in [1.807, 2.05) is 0 Å². The molecule has 11 nitrogen and oxygen atoms in total. The van der Waals surface area contributed by atoms with E-state index >= 15 is 0 Å². The normalized spacial score (nSPS) is 13.7. The fourth-order valence-electron chi connectivity index (χ4n) is 3.03. The first-order valence-corrected chi connectivity index (χ1v) is 10.9. The Kier molecular flexibility index (Phi) is 10.8. The van der Waals surface area contributed by atoms with Crippen molar-refractivity contribution in [2.75, 3.05) is 20.3 Å². The quantitative estimate of drug-likeness (QED) is 0.364. The van der Waals surface area contributed by atoms with Crippen LogP contribution in [0.25, 0.3) is 0 Å². The number of carbonyl (C=O) groups excluding carboxylic acids is 4. The summed E-state index contributed by atoms with van der Waals surface area (Å²) in [5.41, 5.74) is -0.478. The molecular weight excluding hydrogens is 446 g/mol. The molecule has 0 radical (unpaired) electrons. The molecule has 190 valence electrons. The van der Waals surface area contributed by atoms with E-state index in [4.69, 9.17) is 4.74 Å². The Morgan fingerprint density at radius 3 is 2.18 bits per heavy atom. The number of ether oxygens (including phenoxy) is 2. The van der Waals surface area contributed by atoms with E-state index in [2.05, 4.69) is 15.4 Å². The number of phenols is 1. The lowest BCUT2D eigenvalue weighted by Crippen LogP contribution is -2.56. The fraction of sp³-hybridized carbons (Fsp3) is 0.565. The molecule has 1 aromatic rings. The second-order valence-electron chi connectivity index (χ2n) is 8.67. The van der Waals surface area contributed by atoms with E-state index in [0.717, 1.165) is 0 Å². The average molecular weight is 482 g/mol. The third kappa shape index (κ3) is 8.54. The molecule has 0 bridgehead atoms. The maximum Gasteiger partial charge on any atom is 0.408 e. The first-order valence-electron chi connectivity index (χ1n) is 10.9. The van der Waals surface area contributed by atoms with Gasteiger partial charge in [-0.2, -0.15) is 0 Å². The predicted molar refractivity (Wildman–Crippen MR) is 123 cm³/mol. The number of hydrogen-bond donors (Lipinski definition) is 4. The Balaban J connectivity index is 3.39. The highest BCUT2D eigenvalue weighted by molar-refractivity contribution is 5.93. The van der Waals surface area contributed by atoms with Crippen molar-refractivity contribution in [3.63, 3.8) is 0 Å². The van der Waals surface area contributed by atoms with E-state index in [0.29, 0.717) is 12.0 Å². The zero-order valence-electron chi connectivity index (χ0n) is 20.5. The van der Waals surface area contributed by atoms with Crippen LogP contribution in [0.1, 0.15) is 52.6 Å². The molecule has 0 saturated carbocycles. The van der Waals surface area contributed by atoms with Gasteiger partial charge < -0.3 is 35.2 Å². The molecule has 0 fully saturated rings. The Bertz CT molecular complexity index is 851. The Labute approximate surface area is 199 Å². The van der Waals surface area contributed by atoms with Crippen LogP contribution >= 0.6 is 0 Å². The van der Waals surface area contributed by atoms with Gasteiger partial charge in [0.1, 0.15) is 30.0 Å². The van der Waals surface area contributed by atoms with Gasteiger partial charge in [-0.05, 0) is 51.8 Å². The summed E-state index contributed by atoms with van der Waals surface area (Å²) in [5, 5.41) is 24.3. The van der Waals surface area contributed by atoms with Crippen molar-refractivity contribution in [2.45, 2.75) is 64.8 Å². The summed E-state index contributed by atoms with van der Waals surface area (Å²) in [5.74, 6) is -2.13. The van der Waals surface area contributed by atoms with Crippen molar-refractivity contribution in [3.8, 4) is 5.75 Å². The van der Waals surface area contributed by atoms with Crippen LogP contribution in [-0.4, -0.2) is 76.9 Å². The third-order valence-corrected chi connectivity index (χ3v) is 4.86. The zero-order valence-corrected chi connectivity index (χ0v) is 20.5. The lowest BCUT2D eigenvalue weighted by molar-refractivity contribution is -0.147. The van der Waals surface area contributed by atoms with Crippen LogP contribution < -0.4 is 10.6 Å². The molecule has 0 spiro atoms. The number of amides is 3. The lowest BCUT2D eigenvalue weighted by atomic mass is 10.00. The maximum atomic E-state index is 13.5. The van der Waals surface area contributed by atoms with Gasteiger partial charge in [0, 0.05) is 6.04 Å². The Hall–Kier alpha value is -3.34. The minimum atomic E-state index is -1.39. The van der Waals surface area contributed by atoms with Crippen LogP contribution in [0.5, 0.6) is 5.75 Å². The fourth-order valence-corrected chi connectivity index (χ4v) is 3.03. The van der Waals surface area contributed by atoms with Gasteiger partial charge in [0.15, 0.2) is 0 Å². The molecule has 4 N–H and O–H groups in total. The molecule has 0 aliphatic rings. The summed E-state index contributed by atoms with van der Waals surface area (Å²) in [4.78, 5) is 51.8. The maximum absolute atomic E-state index is 13.5. The summed E-state index contributed by atoms with van der Waals surface area (Å²) >= 11 is 0. The standard InChI is InChI=1S/C23H35N3O8/c1-7-14(2)26(21(31)17(13-27)25-22(32)34-23(3,4)5)19(15-8-10-16(28)11-9-15)20(30)24-12-18(29)33-6/h8-11,14,17,19,27-28H,7,12-13H2,1-6H3,(H,24,30)(H,25,32). The second kappa shape index (κ2) is 12.8. The van der Waals surface area contributed by atoms with Gasteiger partial charge >= 0.3 is 12.1 Å². The topological polar surface area (TPSA) is 154 Å². The van der Waals surface area contributed by atoms with E-state index < -0.39 is 60.8 Å². The lowest BCUT2D eigenvalue weighted by Gasteiger charge is -2.37. The number of methoxy groups -OCH3 is 1. The van der Waals surface area contributed by atoms with Crippen molar-refractivity contribution in [1.82, 2.24) is 15.5 Å². The van der Waals surface area contributed by atoms with Crippen LogP contribution in [0.4, 0.5) is 4.79 Å². The van der Waals surface area contributed by atoms with Gasteiger partial charge in [0.2, 0.25) is 11.8 Å². The number of aliphatic hydroxyl groups is 1. The highest BCUT2D eigenvalue weighted by Gasteiger charge is 2.38. The van der Waals surface area contributed by atoms with E-state index in [-0.39, 0.29) is 5.75 Å². The Morgan fingerprint density at radius 1 is 1.12 bits per heavy atom. The number of carbonyl (C=O) groups is 4. The van der Waals surface area contributed by atoms with Crippen LogP contribution in [0.15, 0.2) is 24.3 Å². The summed E-state index contributed by atoms with van der Waals surface area (Å²) in [6.07, 6.45) is -0.463. The van der Waals surface area contributed by atoms with Crippen molar-refractivity contribution < 1.29 is 38.9 Å². The van der Waals surface area contributed by atoms with Crippen molar-refractivity contribution in [3.05, 3.63) is 29.8 Å². The number of alkyl carbamates (subject to hydrolysis) is 1. The molecule has 0 heterocycles. The molecule has 0 saturated heterocycles. The van der Waals surface area contributed by atoms with Gasteiger partial charge in [-0.1, -0.05) is 19.1 Å². The van der Waals surface area contributed by atoms with Gasteiger partial charge in [0.25, 0.3) is 0 Å². The zero-order chi connectivity index (χ0) is 26.1. The molecule has 1 rings (SSSR count). The number of aromatic hydroxyl groups is 1. The molecule has 0 aliphatic carbocycles. The number of nitrogens with one attached hydrogen (secondary N) is 2. The third-order valence-electron chi connectivity index (χ3n) is 4.86. The van der Waals surface area contributed by atoms with Crippen molar-refractivity contribution >= 4 is 23.9 Å². The SMILES string of the molecule is CCC(C)N(C(=O)C(CO)NC(=O)OC(C)(C)C)C(C(=O)NCC(=O)OC)c1ccc(O)cc1. The van der Waals surface area contributed by atoms with Gasteiger partial charge in [-0.25, -0.2) is 4.79 Å². The number of phenolic OH excluding ortho intramolecular Hbond substituents is 1. The smallest absolute Gasteiger partial charge is 0.408 e. The van der Waals surface area contributed by atoms with E-state index in [1.54, 1.807) is 34.6 Å². The number of rotatable bonds is 10. The van der Waals surface area contributed by atoms with E-state index in [9.17, 15) is 29.4 Å². The molecule has 34 heavy (non-hydrogen) atoms. The van der Waals surface area contributed by atoms with Crippen LogP contribution in [0.2, 0.25) is 0 Å². The molecule has 0 aliphatic heterocycles. The van der Waals surface area contributed by atoms with Crippen LogP contribution in [-0.2, 0) is 23.9 Å². The molecule has 3 unspecified atom stereocenters. The molecule has 11 heteroatoms. The average Bonchev–Trinajstić information content (AvgIpc) is 2.77.